The Morgan fingerprint density at radius 2 is 2.16 bits per heavy atom. The number of nitrogens with one attached hydrogen (secondary N) is 1. The van der Waals surface area contributed by atoms with E-state index in [-0.39, 0.29) is 31.8 Å². The maximum atomic E-state index is 12.0. The van der Waals surface area contributed by atoms with Gasteiger partial charge in [0.15, 0.2) is 18.1 Å². The molecule has 132 valence electrons. The number of hydrogen-bond acceptors (Lipinski definition) is 7. The molecule has 1 unspecified atom stereocenters. The molecule has 1 atom stereocenters. The standard InChI is InChI=1S/C17H18N2O5S/c1-10(12-3-4-14-15(5-12)24-9-23-14)18-16(20)7-22-17(21)6-13-8-25-11(2)19-13/h3-5,8,10H,6-7,9H2,1-2H3,(H,18,20). The van der Waals surface area contributed by atoms with Gasteiger partial charge in [0.2, 0.25) is 6.79 Å². The second kappa shape index (κ2) is 7.52. The van der Waals surface area contributed by atoms with Crippen LogP contribution in [-0.2, 0) is 20.7 Å². The molecular weight excluding hydrogens is 344 g/mol. The molecule has 8 heteroatoms. The minimum Gasteiger partial charge on any atom is -0.455 e. The lowest BCUT2D eigenvalue weighted by atomic mass is 10.1. The maximum absolute atomic E-state index is 12.0. The summed E-state index contributed by atoms with van der Waals surface area (Å²) < 4.78 is 15.6. The SMILES string of the molecule is Cc1nc(CC(=O)OCC(=O)NC(C)c2ccc3c(c2)OCO3)cs1. The fraction of sp³-hybridized carbons (Fsp3) is 0.353. The first-order valence-electron chi connectivity index (χ1n) is 7.77. The van der Waals surface area contributed by atoms with Gasteiger partial charge in [-0.2, -0.15) is 0 Å². The Kier molecular flexibility index (Phi) is 5.18. The van der Waals surface area contributed by atoms with Crippen LogP contribution in [0.2, 0.25) is 0 Å². The van der Waals surface area contributed by atoms with Crippen LogP contribution in [0.15, 0.2) is 23.6 Å². The molecule has 1 aromatic heterocycles. The van der Waals surface area contributed by atoms with E-state index in [1.807, 2.05) is 26.0 Å². The highest BCUT2D eigenvalue weighted by Crippen LogP contribution is 2.34. The monoisotopic (exact) mass is 362 g/mol. The third-order valence-corrected chi connectivity index (χ3v) is 4.45. The van der Waals surface area contributed by atoms with Gasteiger partial charge in [0.1, 0.15) is 0 Å². The number of nitrogens with zero attached hydrogens (tertiary/aromatic N) is 1. The van der Waals surface area contributed by atoms with E-state index >= 15 is 0 Å². The van der Waals surface area contributed by atoms with Crippen molar-refractivity contribution in [3.63, 3.8) is 0 Å². The fourth-order valence-electron chi connectivity index (χ4n) is 2.38. The molecule has 1 aromatic carbocycles. The zero-order chi connectivity index (χ0) is 17.8. The first kappa shape index (κ1) is 17.2. The van der Waals surface area contributed by atoms with Gasteiger partial charge in [-0.25, -0.2) is 4.98 Å². The molecule has 7 nitrogen and oxygen atoms in total. The van der Waals surface area contributed by atoms with Gasteiger partial charge in [0, 0.05) is 5.38 Å². The van der Waals surface area contributed by atoms with Crippen LogP contribution in [0.25, 0.3) is 0 Å². The van der Waals surface area contributed by atoms with Gasteiger partial charge < -0.3 is 19.5 Å². The number of ether oxygens (including phenoxy) is 3. The van der Waals surface area contributed by atoms with Crippen molar-refractivity contribution in [2.45, 2.75) is 26.3 Å². The quantitative estimate of drug-likeness (QED) is 0.793. The van der Waals surface area contributed by atoms with E-state index in [4.69, 9.17) is 14.2 Å². The predicted molar refractivity (Wildman–Crippen MR) is 90.6 cm³/mol. The summed E-state index contributed by atoms with van der Waals surface area (Å²) in [5.41, 5.74) is 1.53. The van der Waals surface area contributed by atoms with E-state index in [2.05, 4.69) is 10.3 Å². The average Bonchev–Trinajstić information content (AvgIpc) is 3.20. The fourth-order valence-corrected chi connectivity index (χ4v) is 3.00. The Morgan fingerprint density at radius 3 is 2.92 bits per heavy atom. The molecule has 1 amide bonds. The Bertz CT molecular complexity index is 789. The number of esters is 1. The van der Waals surface area contributed by atoms with Crippen LogP contribution in [0, 0.1) is 6.92 Å². The largest absolute Gasteiger partial charge is 0.455 e. The first-order valence-corrected chi connectivity index (χ1v) is 8.65. The summed E-state index contributed by atoms with van der Waals surface area (Å²) in [6, 6.07) is 5.23. The van der Waals surface area contributed by atoms with E-state index in [0.29, 0.717) is 17.2 Å². The molecule has 0 saturated carbocycles. The van der Waals surface area contributed by atoms with Crippen LogP contribution in [0.5, 0.6) is 11.5 Å². The summed E-state index contributed by atoms with van der Waals surface area (Å²) in [7, 11) is 0. The van der Waals surface area contributed by atoms with Gasteiger partial charge in [-0.3, -0.25) is 9.59 Å². The molecule has 2 aromatic rings. The Labute approximate surface area is 148 Å². The lowest BCUT2D eigenvalue weighted by Gasteiger charge is -2.14. The van der Waals surface area contributed by atoms with Crippen molar-refractivity contribution in [3.05, 3.63) is 39.8 Å². The highest BCUT2D eigenvalue weighted by atomic mass is 32.1. The van der Waals surface area contributed by atoms with Crippen molar-refractivity contribution in [2.75, 3.05) is 13.4 Å². The molecule has 0 saturated heterocycles. The average molecular weight is 362 g/mol. The number of thiazole rings is 1. The maximum Gasteiger partial charge on any atom is 0.312 e. The van der Waals surface area contributed by atoms with Gasteiger partial charge in [-0.15, -0.1) is 11.3 Å². The summed E-state index contributed by atoms with van der Waals surface area (Å²) in [6.07, 6.45) is 0.0648. The number of hydrogen-bond donors (Lipinski definition) is 1. The smallest absolute Gasteiger partial charge is 0.312 e. The molecule has 0 spiro atoms. The first-order chi connectivity index (χ1) is 12.0. The third-order valence-electron chi connectivity index (χ3n) is 3.63. The molecule has 2 heterocycles. The van der Waals surface area contributed by atoms with E-state index in [9.17, 15) is 9.59 Å². The number of carbonyl (C=O) groups is 2. The molecule has 1 aliphatic heterocycles. The van der Waals surface area contributed by atoms with Crippen LogP contribution in [0.4, 0.5) is 0 Å². The number of aromatic nitrogens is 1. The summed E-state index contributed by atoms with van der Waals surface area (Å²) in [5, 5.41) is 5.48. The molecule has 0 fully saturated rings. The van der Waals surface area contributed by atoms with Crippen molar-refractivity contribution in [3.8, 4) is 11.5 Å². The third kappa shape index (κ3) is 4.48. The van der Waals surface area contributed by atoms with Gasteiger partial charge in [0.05, 0.1) is 23.2 Å². The number of amides is 1. The Hall–Kier alpha value is -2.61. The van der Waals surface area contributed by atoms with Crippen LogP contribution >= 0.6 is 11.3 Å². The highest BCUT2D eigenvalue weighted by Gasteiger charge is 2.17. The second-order valence-corrected chi connectivity index (χ2v) is 6.66. The van der Waals surface area contributed by atoms with Crippen molar-refractivity contribution in [1.82, 2.24) is 10.3 Å². The lowest BCUT2D eigenvalue weighted by molar-refractivity contribution is -0.148. The molecule has 3 rings (SSSR count). The minimum atomic E-state index is -0.476. The van der Waals surface area contributed by atoms with Crippen LogP contribution < -0.4 is 14.8 Å². The minimum absolute atomic E-state index is 0.0648. The zero-order valence-electron chi connectivity index (χ0n) is 13.9. The van der Waals surface area contributed by atoms with Gasteiger partial charge in [0.25, 0.3) is 5.91 Å². The summed E-state index contributed by atoms with van der Waals surface area (Å²) in [4.78, 5) is 27.9. The van der Waals surface area contributed by atoms with Crippen LogP contribution in [-0.4, -0.2) is 30.3 Å². The summed E-state index contributed by atoms with van der Waals surface area (Å²) in [6.45, 7) is 3.59. The molecule has 0 aliphatic carbocycles. The van der Waals surface area contributed by atoms with E-state index < -0.39 is 5.97 Å². The molecule has 1 N–H and O–H groups in total. The van der Waals surface area contributed by atoms with Crippen molar-refractivity contribution >= 4 is 23.2 Å². The number of fused-ring (bicyclic) bond motifs is 1. The van der Waals surface area contributed by atoms with Gasteiger partial charge in [-0.05, 0) is 31.5 Å². The van der Waals surface area contributed by atoms with Gasteiger partial charge in [-0.1, -0.05) is 6.07 Å². The normalized spacial score (nSPS) is 13.4. The highest BCUT2D eigenvalue weighted by molar-refractivity contribution is 7.09. The van der Waals surface area contributed by atoms with Crippen molar-refractivity contribution in [2.24, 2.45) is 0 Å². The Morgan fingerprint density at radius 1 is 1.36 bits per heavy atom. The van der Waals surface area contributed by atoms with Gasteiger partial charge >= 0.3 is 5.97 Å². The molecular formula is C17H18N2O5S. The summed E-state index contributed by atoms with van der Waals surface area (Å²) in [5.74, 6) is 0.501. The lowest BCUT2D eigenvalue weighted by Crippen LogP contribution is -2.31. The second-order valence-electron chi connectivity index (χ2n) is 5.60. The molecule has 25 heavy (non-hydrogen) atoms. The molecule has 1 aliphatic rings. The van der Waals surface area contributed by atoms with Crippen molar-refractivity contribution < 1.29 is 23.8 Å². The van der Waals surface area contributed by atoms with E-state index in [1.165, 1.54) is 11.3 Å². The number of rotatable bonds is 6. The molecule has 0 radical (unpaired) electrons. The predicted octanol–water partition coefficient (Wildman–Crippen LogP) is 2.14. The molecule has 0 bridgehead atoms. The van der Waals surface area contributed by atoms with Crippen molar-refractivity contribution in [1.29, 1.82) is 0 Å². The zero-order valence-corrected chi connectivity index (χ0v) is 14.7. The topological polar surface area (TPSA) is 86.8 Å². The number of carbonyl (C=O) groups excluding carboxylic acids is 2. The summed E-state index contributed by atoms with van der Waals surface area (Å²) >= 11 is 1.47. The van der Waals surface area contributed by atoms with E-state index in [0.717, 1.165) is 10.6 Å². The van der Waals surface area contributed by atoms with E-state index in [1.54, 1.807) is 11.4 Å². The number of aryl methyl sites for hydroxylation is 1. The number of benzene rings is 1. The van der Waals surface area contributed by atoms with Crippen LogP contribution in [0.3, 0.4) is 0 Å². The van der Waals surface area contributed by atoms with Crippen LogP contribution in [0.1, 0.15) is 29.2 Å². The Balaban J connectivity index is 1.46.